The van der Waals surface area contributed by atoms with Crippen molar-refractivity contribution in [2.45, 2.75) is 35.6 Å². The summed E-state index contributed by atoms with van der Waals surface area (Å²) in [7, 11) is 0. The van der Waals surface area contributed by atoms with Crippen LogP contribution in [0.5, 0.6) is 0 Å². The molecule has 0 aromatic heterocycles. The second-order valence-electron chi connectivity index (χ2n) is 1.83. The summed E-state index contributed by atoms with van der Waals surface area (Å²) in [6, 6.07) is 0. The molecule has 1 heteroatoms. The van der Waals surface area contributed by atoms with E-state index in [2.05, 4.69) is 18.8 Å². The molecule has 0 aromatic rings. The van der Waals surface area contributed by atoms with Gasteiger partial charge in [0.05, 0.1) is 0 Å². The van der Waals surface area contributed by atoms with Crippen LogP contribution in [-0.2, 0) is 0 Å². The first-order valence-corrected chi connectivity index (χ1v) is 6.51. The van der Waals surface area contributed by atoms with Crippen molar-refractivity contribution in [1.82, 2.24) is 0 Å². The van der Waals surface area contributed by atoms with Gasteiger partial charge < -0.3 is 0 Å². The Labute approximate surface area is 56.8 Å². The van der Waals surface area contributed by atoms with E-state index in [1.165, 1.54) is 12.8 Å². The molecule has 0 aliphatic rings. The van der Waals surface area contributed by atoms with Crippen LogP contribution >= 0.6 is 0 Å². The fourth-order valence-corrected chi connectivity index (χ4v) is 1.87. The third kappa shape index (κ3) is 4.65. The standard InChI is InChI=1S/C6H14Te/c1-4-5-6(2)7-3/h6H,4-5H2,1-3H3. The van der Waals surface area contributed by atoms with Crippen LogP contribution < -0.4 is 0 Å². The average Bonchev–Trinajstić information content (AvgIpc) is 1.68. The summed E-state index contributed by atoms with van der Waals surface area (Å²) in [6.45, 7) is 4.63. The summed E-state index contributed by atoms with van der Waals surface area (Å²) >= 11 is 0.392. The number of hydrogen-bond donors (Lipinski definition) is 0. The van der Waals surface area contributed by atoms with Gasteiger partial charge in [0.1, 0.15) is 0 Å². The van der Waals surface area contributed by atoms with E-state index in [1.54, 1.807) is 0 Å². The Morgan fingerprint density at radius 3 is 2.29 bits per heavy atom. The molecule has 0 saturated heterocycles. The molecule has 7 heavy (non-hydrogen) atoms. The van der Waals surface area contributed by atoms with Gasteiger partial charge in [0.25, 0.3) is 0 Å². The first kappa shape index (κ1) is 7.79. The minimum atomic E-state index is 0.392. The molecule has 0 nitrogen and oxygen atoms in total. The van der Waals surface area contributed by atoms with Crippen LogP contribution in [-0.4, -0.2) is 20.9 Å². The molecule has 0 amide bonds. The molecule has 0 N–H and O–H groups in total. The normalized spacial score (nSPS) is 14.1. The summed E-state index contributed by atoms with van der Waals surface area (Å²) in [6.07, 6.45) is 2.83. The van der Waals surface area contributed by atoms with E-state index in [1.807, 2.05) is 0 Å². The third-order valence-electron chi connectivity index (χ3n) is 1.10. The van der Waals surface area contributed by atoms with Crippen molar-refractivity contribution in [3.05, 3.63) is 0 Å². The Hall–Kier alpha value is 0.790. The van der Waals surface area contributed by atoms with Crippen LogP contribution in [0.3, 0.4) is 0 Å². The Morgan fingerprint density at radius 1 is 1.57 bits per heavy atom. The SMILES string of the molecule is CCCC(C)[Te]C. The van der Waals surface area contributed by atoms with E-state index in [4.69, 9.17) is 0 Å². The van der Waals surface area contributed by atoms with Crippen molar-refractivity contribution in [2.75, 3.05) is 0 Å². The van der Waals surface area contributed by atoms with Gasteiger partial charge in [-0.25, -0.2) is 0 Å². The molecule has 0 aliphatic carbocycles. The molecule has 0 fully saturated rings. The van der Waals surface area contributed by atoms with Crippen LogP contribution in [0.4, 0.5) is 0 Å². The summed E-state index contributed by atoms with van der Waals surface area (Å²) in [4.78, 5) is 2.38. The van der Waals surface area contributed by atoms with Gasteiger partial charge in [0.2, 0.25) is 0 Å². The zero-order valence-electron chi connectivity index (χ0n) is 5.40. The van der Waals surface area contributed by atoms with Gasteiger partial charge in [-0.15, -0.1) is 0 Å². The number of rotatable bonds is 3. The Bertz CT molecular complexity index is 35.2. The van der Waals surface area contributed by atoms with Crippen LogP contribution in [0.1, 0.15) is 26.7 Å². The maximum absolute atomic E-state index is 2.38. The van der Waals surface area contributed by atoms with Crippen molar-refractivity contribution in [2.24, 2.45) is 0 Å². The van der Waals surface area contributed by atoms with Crippen molar-refractivity contribution >= 4 is 20.9 Å². The Morgan fingerprint density at radius 2 is 2.14 bits per heavy atom. The molecule has 0 bridgehead atoms. The topological polar surface area (TPSA) is 0 Å². The van der Waals surface area contributed by atoms with Gasteiger partial charge in [0, 0.05) is 0 Å². The molecule has 0 rings (SSSR count). The maximum atomic E-state index is 2.38. The second-order valence-corrected chi connectivity index (χ2v) is 5.48. The van der Waals surface area contributed by atoms with E-state index in [9.17, 15) is 0 Å². The van der Waals surface area contributed by atoms with E-state index in [0.717, 1.165) is 3.97 Å². The second kappa shape index (κ2) is 4.94. The van der Waals surface area contributed by atoms with E-state index in [0.29, 0.717) is 20.9 Å². The zero-order chi connectivity index (χ0) is 5.70. The predicted octanol–water partition coefficient (Wildman–Crippen LogP) is 2.35. The van der Waals surface area contributed by atoms with Gasteiger partial charge in [-0.3, -0.25) is 0 Å². The van der Waals surface area contributed by atoms with Gasteiger partial charge >= 0.3 is 56.5 Å². The monoisotopic (exact) mass is 216 g/mol. The molecular formula is C6H14Te. The molecular weight excluding hydrogens is 200 g/mol. The quantitative estimate of drug-likeness (QED) is 0.632. The molecule has 0 aliphatic heterocycles. The van der Waals surface area contributed by atoms with E-state index in [-0.39, 0.29) is 0 Å². The first-order valence-electron chi connectivity index (χ1n) is 2.84. The van der Waals surface area contributed by atoms with Crippen LogP contribution in [0.15, 0.2) is 0 Å². The molecule has 44 valence electrons. The molecule has 0 radical (unpaired) electrons. The van der Waals surface area contributed by atoms with Gasteiger partial charge in [-0.1, -0.05) is 0 Å². The first-order chi connectivity index (χ1) is 3.31. The van der Waals surface area contributed by atoms with Crippen LogP contribution in [0, 0.1) is 0 Å². The fraction of sp³-hybridized carbons (Fsp3) is 1.00. The van der Waals surface area contributed by atoms with E-state index >= 15 is 0 Å². The molecule has 1 atom stereocenters. The van der Waals surface area contributed by atoms with E-state index < -0.39 is 0 Å². The van der Waals surface area contributed by atoms with Crippen LogP contribution in [0.25, 0.3) is 0 Å². The zero-order valence-corrected chi connectivity index (χ0v) is 7.73. The Kier molecular flexibility index (Phi) is 5.49. The summed E-state index contributed by atoms with van der Waals surface area (Å²) in [5, 5.41) is 0. The fourth-order valence-electron chi connectivity index (χ4n) is 0.524. The van der Waals surface area contributed by atoms with Crippen LogP contribution in [0.2, 0.25) is 8.94 Å². The van der Waals surface area contributed by atoms with Crippen molar-refractivity contribution < 1.29 is 0 Å². The molecule has 0 heterocycles. The average molecular weight is 214 g/mol. The van der Waals surface area contributed by atoms with Gasteiger partial charge in [-0.2, -0.15) is 0 Å². The minimum absolute atomic E-state index is 0.392. The van der Waals surface area contributed by atoms with Crippen molar-refractivity contribution in [1.29, 1.82) is 0 Å². The molecule has 0 spiro atoms. The van der Waals surface area contributed by atoms with Gasteiger partial charge in [-0.05, 0) is 0 Å². The summed E-state index contributed by atoms with van der Waals surface area (Å²) in [5.74, 6) is 0. The molecule has 0 aromatic carbocycles. The predicted molar refractivity (Wildman–Crippen MR) is 35.9 cm³/mol. The third-order valence-corrected chi connectivity index (χ3v) is 4.07. The summed E-state index contributed by atoms with van der Waals surface area (Å²) < 4.78 is 1.08. The van der Waals surface area contributed by atoms with Crippen molar-refractivity contribution in [3.63, 3.8) is 0 Å². The summed E-state index contributed by atoms with van der Waals surface area (Å²) in [5.41, 5.74) is 0. The van der Waals surface area contributed by atoms with Gasteiger partial charge in [0.15, 0.2) is 0 Å². The Balaban J connectivity index is 2.83. The number of hydrogen-bond acceptors (Lipinski definition) is 0. The molecule has 1 unspecified atom stereocenters. The van der Waals surface area contributed by atoms with Crippen molar-refractivity contribution in [3.8, 4) is 0 Å². The molecule has 0 saturated carbocycles.